The van der Waals surface area contributed by atoms with Crippen molar-refractivity contribution in [2.45, 2.75) is 6.92 Å². The summed E-state index contributed by atoms with van der Waals surface area (Å²) in [5.74, 6) is -0.286. The lowest BCUT2D eigenvalue weighted by Crippen LogP contribution is -2.26. The van der Waals surface area contributed by atoms with Gasteiger partial charge in [-0.1, -0.05) is 6.07 Å². The van der Waals surface area contributed by atoms with Crippen molar-refractivity contribution in [2.75, 3.05) is 0 Å². The Labute approximate surface area is 84.8 Å². The van der Waals surface area contributed by atoms with E-state index in [0.717, 1.165) is 4.70 Å². The number of halogens is 1. The summed E-state index contributed by atoms with van der Waals surface area (Å²) in [6.07, 6.45) is 0. The monoisotopic (exact) mass is 210 g/mol. The van der Waals surface area contributed by atoms with Crippen LogP contribution in [0.3, 0.4) is 0 Å². The fourth-order valence-corrected chi connectivity index (χ4v) is 2.26. The van der Waals surface area contributed by atoms with Crippen molar-refractivity contribution >= 4 is 33.3 Å². The highest BCUT2D eigenvalue weighted by Gasteiger charge is 2.16. The molecule has 5 heteroatoms. The molecule has 0 aliphatic heterocycles. The molecule has 0 aliphatic carbocycles. The van der Waals surface area contributed by atoms with Crippen LogP contribution in [0.2, 0.25) is 0 Å². The van der Waals surface area contributed by atoms with Gasteiger partial charge in [0.2, 0.25) is 0 Å². The number of thiophene rings is 1. The number of hydrogen-bond acceptors (Lipinski definition) is 3. The standard InChI is InChI=1S/C9H8BFO2S/c1-5-2-3-7-6(9(5)11)4-8(14-7)10(12)13/h2-4,12-13H,1H3. The summed E-state index contributed by atoms with van der Waals surface area (Å²) in [5.41, 5.74) is 0.564. The third kappa shape index (κ3) is 1.43. The second-order valence-corrected chi connectivity index (χ2v) is 4.25. The highest BCUT2D eigenvalue weighted by molar-refractivity contribution is 7.27. The molecule has 1 heterocycles. The third-order valence-electron chi connectivity index (χ3n) is 2.10. The molecular weight excluding hydrogens is 202 g/mol. The lowest BCUT2D eigenvalue weighted by molar-refractivity contribution is 0.427. The van der Waals surface area contributed by atoms with E-state index in [-0.39, 0.29) is 5.82 Å². The van der Waals surface area contributed by atoms with Crippen molar-refractivity contribution in [1.29, 1.82) is 0 Å². The molecule has 0 unspecified atom stereocenters. The van der Waals surface area contributed by atoms with Gasteiger partial charge in [-0.3, -0.25) is 0 Å². The highest BCUT2D eigenvalue weighted by Crippen LogP contribution is 2.24. The summed E-state index contributed by atoms with van der Waals surface area (Å²) in [6.45, 7) is 1.68. The van der Waals surface area contributed by atoms with Crippen molar-refractivity contribution < 1.29 is 14.4 Å². The number of aryl methyl sites for hydroxylation is 1. The molecule has 2 nitrogen and oxygen atoms in total. The van der Waals surface area contributed by atoms with E-state index in [4.69, 9.17) is 10.0 Å². The first kappa shape index (κ1) is 9.64. The maximum Gasteiger partial charge on any atom is 0.499 e. The number of benzene rings is 1. The SMILES string of the molecule is Cc1ccc2sc(B(O)O)cc2c1F. The maximum atomic E-state index is 13.5. The molecule has 2 aromatic rings. The molecule has 0 spiro atoms. The Balaban J connectivity index is 2.71. The van der Waals surface area contributed by atoms with Crippen LogP contribution in [0.1, 0.15) is 5.56 Å². The number of rotatable bonds is 1. The fourth-order valence-electron chi connectivity index (χ4n) is 1.33. The van der Waals surface area contributed by atoms with E-state index in [2.05, 4.69) is 0 Å². The summed E-state index contributed by atoms with van der Waals surface area (Å²) in [7, 11) is -1.52. The predicted octanol–water partition coefficient (Wildman–Crippen LogP) is 1.03. The summed E-state index contributed by atoms with van der Waals surface area (Å²) in [4.78, 5) is 0. The lowest BCUT2D eigenvalue weighted by Gasteiger charge is -1.95. The smallest absolute Gasteiger partial charge is 0.423 e. The summed E-state index contributed by atoms with van der Waals surface area (Å²) < 4.78 is 14.6. The summed E-state index contributed by atoms with van der Waals surface area (Å²) in [5, 5.41) is 18.3. The Bertz CT molecular complexity index is 481. The van der Waals surface area contributed by atoms with Crippen LogP contribution in [0.4, 0.5) is 4.39 Å². The third-order valence-corrected chi connectivity index (χ3v) is 3.24. The highest BCUT2D eigenvalue weighted by atomic mass is 32.1. The predicted molar refractivity (Wildman–Crippen MR) is 56.3 cm³/mol. The van der Waals surface area contributed by atoms with Crippen molar-refractivity contribution in [1.82, 2.24) is 0 Å². The Hall–Kier alpha value is -0.905. The Morgan fingerprint density at radius 2 is 2.07 bits per heavy atom. The van der Waals surface area contributed by atoms with E-state index in [0.29, 0.717) is 15.7 Å². The molecule has 0 atom stereocenters. The second kappa shape index (κ2) is 3.35. The van der Waals surface area contributed by atoms with E-state index in [1.165, 1.54) is 17.4 Å². The molecule has 2 N–H and O–H groups in total. The van der Waals surface area contributed by atoms with Gasteiger partial charge in [-0.05, 0) is 24.6 Å². The molecule has 1 aromatic carbocycles. The molecule has 0 fully saturated rings. The van der Waals surface area contributed by atoms with Crippen LogP contribution in [0.25, 0.3) is 10.1 Å². The van der Waals surface area contributed by atoms with Gasteiger partial charge in [-0.2, -0.15) is 0 Å². The van der Waals surface area contributed by atoms with Crippen LogP contribution < -0.4 is 4.78 Å². The topological polar surface area (TPSA) is 40.5 Å². The van der Waals surface area contributed by atoms with Crippen molar-refractivity contribution in [2.24, 2.45) is 0 Å². The van der Waals surface area contributed by atoms with Gasteiger partial charge < -0.3 is 10.0 Å². The van der Waals surface area contributed by atoms with Crippen LogP contribution in [0, 0.1) is 12.7 Å². The van der Waals surface area contributed by atoms with Gasteiger partial charge in [0.05, 0.1) is 0 Å². The molecule has 1 aromatic heterocycles. The minimum atomic E-state index is -1.52. The fraction of sp³-hybridized carbons (Fsp3) is 0.111. The average molecular weight is 210 g/mol. The Morgan fingerprint density at radius 1 is 1.36 bits per heavy atom. The van der Waals surface area contributed by atoms with Gasteiger partial charge in [0.1, 0.15) is 5.82 Å². The van der Waals surface area contributed by atoms with Gasteiger partial charge in [0, 0.05) is 14.9 Å². The number of hydrogen-bond donors (Lipinski definition) is 2. The first-order chi connectivity index (χ1) is 6.59. The van der Waals surface area contributed by atoms with Crippen LogP contribution in [0.15, 0.2) is 18.2 Å². The molecule has 0 bridgehead atoms. The molecular formula is C9H8BFO2S. The molecule has 72 valence electrons. The number of fused-ring (bicyclic) bond motifs is 1. The first-order valence-electron chi connectivity index (χ1n) is 4.14. The van der Waals surface area contributed by atoms with Gasteiger partial charge in [-0.15, -0.1) is 11.3 Å². The summed E-state index contributed by atoms with van der Waals surface area (Å²) >= 11 is 1.19. The van der Waals surface area contributed by atoms with E-state index in [1.54, 1.807) is 19.1 Å². The van der Waals surface area contributed by atoms with Crippen molar-refractivity contribution in [3.63, 3.8) is 0 Å². The molecule has 0 saturated heterocycles. The maximum absolute atomic E-state index is 13.5. The van der Waals surface area contributed by atoms with Crippen LogP contribution in [-0.2, 0) is 0 Å². The molecule has 2 rings (SSSR count). The average Bonchev–Trinajstić information content (AvgIpc) is 2.56. The van der Waals surface area contributed by atoms with E-state index in [9.17, 15) is 4.39 Å². The van der Waals surface area contributed by atoms with E-state index in [1.807, 2.05) is 0 Å². The van der Waals surface area contributed by atoms with Crippen LogP contribution in [-0.4, -0.2) is 17.2 Å². The molecule has 0 radical (unpaired) electrons. The van der Waals surface area contributed by atoms with Crippen molar-refractivity contribution in [3.8, 4) is 0 Å². The van der Waals surface area contributed by atoms with E-state index >= 15 is 0 Å². The van der Waals surface area contributed by atoms with Crippen LogP contribution in [0.5, 0.6) is 0 Å². The second-order valence-electron chi connectivity index (χ2n) is 3.13. The van der Waals surface area contributed by atoms with E-state index < -0.39 is 7.12 Å². The first-order valence-corrected chi connectivity index (χ1v) is 4.96. The lowest BCUT2D eigenvalue weighted by atomic mass is 9.89. The van der Waals surface area contributed by atoms with Crippen molar-refractivity contribution in [3.05, 3.63) is 29.6 Å². The van der Waals surface area contributed by atoms with Gasteiger partial charge in [0.25, 0.3) is 0 Å². The minimum Gasteiger partial charge on any atom is -0.423 e. The Kier molecular flexibility index (Phi) is 2.30. The van der Waals surface area contributed by atoms with Crippen LogP contribution >= 0.6 is 11.3 Å². The molecule has 0 saturated carbocycles. The minimum absolute atomic E-state index is 0.286. The normalized spacial score (nSPS) is 10.9. The van der Waals surface area contributed by atoms with Gasteiger partial charge in [0.15, 0.2) is 0 Å². The van der Waals surface area contributed by atoms with Gasteiger partial charge >= 0.3 is 7.12 Å². The quantitative estimate of drug-likeness (QED) is 0.690. The summed E-state index contributed by atoms with van der Waals surface area (Å²) in [6, 6.07) is 4.94. The van der Waals surface area contributed by atoms with Gasteiger partial charge in [-0.25, -0.2) is 4.39 Å². The zero-order valence-corrected chi connectivity index (χ0v) is 8.31. The largest absolute Gasteiger partial charge is 0.499 e. The Morgan fingerprint density at radius 3 is 2.71 bits per heavy atom. The molecule has 0 aliphatic rings. The molecule has 0 amide bonds. The zero-order chi connectivity index (χ0) is 10.3. The zero-order valence-electron chi connectivity index (χ0n) is 7.49. The molecule has 14 heavy (non-hydrogen) atoms.